The van der Waals surface area contributed by atoms with Crippen molar-refractivity contribution in [2.24, 2.45) is 0 Å². The van der Waals surface area contributed by atoms with Crippen LogP contribution >= 0.6 is 0 Å². The summed E-state index contributed by atoms with van der Waals surface area (Å²) < 4.78 is 19.0. The number of nitrogens with two attached hydrogens (primary N) is 1. The Morgan fingerprint density at radius 3 is 2.17 bits per heavy atom. The Bertz CT molecular complexity index is 573. The maximum absolute atomic E-state index is 13.3. The van der Waals surface area contributed by atoms with Crippen molar-refractivity contribution in [3.63, 3.8) is 0 Å². The predicted octanol–water partition coefficient (Wildman–Crippen LogP) is 4.13. The fourth-order valence-electron chi connectivity index (χ4n) is 1.88. The summed E-state index contributed by atoms with van der Waals surface area (Å²) in [6.45, 7) is 5.68. The minimum absolute atomic E-state index is 0.303. The first kappa shape index (κ1) is 12.4. The normalized spacial score (nSPS) is 10.4. The summed E-state index contributed by atoms with van der Waals surface area (Å²) >= 11 is 0. The summed E-state index contributed by atoms with van der Waals surface area (Å²) in [4.78, 5) is 0. The Hall–Kier alpha value is -2.03. The second-order valence-electron chi connectivity index (χ2n) is 4.56. The van der Waals surface area contributed by atoms with E-state index in [-0.39, 0.29) is 5.82 Å². The van der Waals surface area contributed by atoms with Crippen LogP contribution in [0.2, 0.25) is 0 Å². The molecule has 2 nitrogen and oxygen atoms in total. The Morgan fingerprint density at radius 2 is 1.56 bits per heavy atom. The average Bonchev–Trinajstić information content (AvgIpc) is 2.24. The first-order chi connectivity index (χ1) is 8.45. The number of anilines is 1. The van der Waals surface area contributed by atoms with Crippen LogP contribution in [0.15, 0.2) is 30.3 Å². The van der Waals surface area contributed by atoms with Crippen molar-refractivity contribution in [1.29, 1.82) is 0 Å². The van der Waals surface area contributed by atoms with Gasteiger partial charge in [0.15, 0.2) is 5.75 Å². The van der Waals surface area contributed by atoms with Gasteiger partial charge in [-0.25, -0.2) is 4.39 Å². The van der Waals surface area contributed by atoms with Gasteiger partial charge in [0.1, 0.15) is 11.6 Å². The van der Waals surface area contributed by atoms with E-state index in [1.54, 1.807) is 13.0 Å². The number of benzene rings is 2. The molecule has 94 valence electrons. The van der Waals surface area contributed by atoms with Crippen LogP contribution < -0.4 is 10.5 Å². The van der Waals surface area contributed by atoms with Gasteiger partial charge in [-0.3, -0.25) is 0 Å². The van der Waals surface area contributed by atoms with E-state index in [1.807, 2.05) is 26.0 Å². The highest BCUT2D eigenvalue weighted by molar-refractivity contribution is 5.56. The lowest BCUT2D eigenvalue weighted by molar-refractivity contribution is 0.481. The highest BCUT2D eigenvalue weighted by Gasteiger charge is 2.07. The zero-order valence-electron chi connectivity index (χ0n) is 10.8. The van der Waals surface area contributed by atoms with Gasteiger partial charge < -0.3 is 10.5 Å². The SMILES string of the molecule is Cc1cc(C)cc(Oc2cc(C)c(F)cc2N)c1. The first-order valence-corrected chi connectivity index (χ1v) is 5.77. The molecule has 0 saturated heterocycles. The molecule has 0 aliphatic carbocycles. The third-order valence-electron chi connectivity index (χ3n) is 2.71. The molecule has 0 bridgehead atoms. The molecular formula is C15H16FNO. The van der Waals surface area contributed by atoms with Gasteiger partial charge in [0, 0.05) is 6.07 Å². The van der Waals surface area contributed by atoms with E-state index in [1.165, 1.54) is 6.07 Å². The third kappa shape index (κ3) is 2.62. The second-order valence-corrected chi connectivity index (χ2v) is 4.56. The van der Waals surface area contributed by atoms with Crippen LogP contribution in [-0.4, -0.2) is 0 Å². The number of aryl methyl sites for hydroxylation is 3. The summed E-state index contributed by atoms with van der Waals surface area (Å²) in [5.41, 5.74) is 8.80. The molecule has 0 heterocycles. The Morgan fingerprint density at radius 1 is 0.944 bits per heavy atom. The van der Waals surface area contributed by atoms with Crippen LogP contribution in [0.25, 0.3) is 0 Å². The summed E-state index contributed by atoms with van der Waals surface area (Å²) in [7, 11) is 0. The second kappa shape index (κ2) is 4.69. The number of ether oxygens (including phenoxy) is 1. The molecule has 18 heavy (non-hydrogen) atoms. The van der Waals surface area contributed by atoms with Crippen molar-refractivity contribution in [2.45, 2.75) is 20.8 Å². The highest BCUT2D eigenvalue weighted by atomic mass is 19.1. The van der Waals surface area contributed by atoms with E-state index >= 15 is 0 Å². The van der Waals surface area contributed by atoms with Gasteiger partial charge in [0.25, 0.3) is 0 Å². The molecule has 0 amide bonds. The van der Waals surface area contributed by atoms with Crippen molar-refractivity contribution in [2.75, 3.05) is 5.73 Å². The average molecular weight is 245 g/mol. The van der Waals surface area contributed by atoms with E-state index in [9.17, 15) is 4.39 Å². The van der Waals surface area contributed by atoms with Gasteiger partial charge in [0.2, 0.25) is 0 Å². The number of rotatable bonds is 2. The van der Waals surface area contributed by atoms with Gasteiger partial charge in [-0.05, 0) is 55.7 Å². The number of halogens is 1. The van der Waals surface area contributed by atoms with E-state index < -0.39 is 0 Å². The topological polar surface area (TPSA) is 35.2 Å². The molecule has 0 aliphatic heterocycles. The van der Waals surface area contributed by atoms with Crippen molar-refractivity contribution in [1.82, 2.24) is 0 Å². The molecule has 0 aromatic heterocycles. The van der Waals surface area contributed by atoms with E-state index in [2.05, 4.69) is 6.07 Å². The monoisotopic (exact) mass is 245 g/mol. The summed E-state index contributed by atoms with van der Waals surface area (Å²) in [6.07, 6.45) is 0. The standard InChI is InChI=1S/C15H16FNO/c1-9-4-10(2)6-12(5-9)18-15-7-11(3)13(16)8-14(15)17/h4-8H,17H2,1-3H3. The quantitative estimate of drug-likeness (QED) is 0.807. The van der Waals surface area contributed by atoms with Crippen molar-refractivity contribution in [3.8, 4) is 11.5 Å². The van der Waals surface area contributed by atoms with Crippen molar-refractivity contribution in [3.05, 3.63) is 52.8 Å². The fourth-order valence-corrected chi connectivity index (χ4v) is 1.88. The lowest BCUT2D eigenvalue weighted by Crippen LogP contribution is -1.95. The van der Waals surface area contributed by atoms with E-state index in [0.29, 0.717) is 22.7 Å². The molecule has 0 atom stereocenters. The number of nitrogen functional groups attached to an aromatic ring is 1. The summed E-state index contributed by atoms with van der Waals surface area (Å²) in [5, 5.41) is 0. The lowest BCUT2D eigenvalue weighted by Gasteiger charge is -2.11. The zero-order valence-corrected chi connectivity index (χ0v) is 10.8. The lowest BCUT2D eigenvalue weighted by atomic mass is 10.1. The van der Waals surface area contributed by atoms with Crippen molar-refractivity contribution >= 4 is 5.69 Å². The smallest absolute Gasteiger partial charge is 0.150 e. The molecule has 3 heteroatoms. The third-order valence-corrected chi connectivity index (χ3v) is 2.71. The number of hydrogen-bond acceptors (Lipinski definition) is 2. The zero-order chi connectivity index (χ0) is 13.3. The van der Waals surface area contributed by atoms with Gasteiger partial charge in [0.05, 0.1) is 5.69 Å². The fraction of sp³-hybridized carbons (Fsp3) is 0.200. The molecule has 0 unspecified atom stereocenters. The minimum Gasteiger partial charge on any atom is -0.455 e. The van der Waals surface area contributed by atoms with Gasteiger partial charge in [-0.1, -0.05) is 6.07 Å². The maximum Gasteiger partial charge on any atom is 0.150 e. The van der Waals surface area contributed by atoms with Crippen molar-refractivity contribution < 1.29 is 9.13 Å². The molecular weight excluding hydrogens is 229 g/mol. The molecule has 0 aliphatic rings. The van der Waals surface area contributed by atoms with Crippen LogP contribution in [0, 0.1) is 26.6 Å². The van der Waals surface area contributed by atoms with E-state index in [0.717, 1.165) is 11.1 Å². The molecule has 2 N–H and O–H groups in total. The molecule has 2 rings (SSSR count). The van der Waals surface area contributed by atoms with Crippen LogP contribution in [0.5, 0.6) is 11.5 Å². The first-order valence-electron chi connectivity index (χ1n) is 5.77. The molecule has 2 aromatic carbocycles. The van der Waals surface area contributed by atoms with Crippen LogP contribution in [-0.2, 0) is 0 Å². The van der Waals surface area contributed by atoms with Gasteiger partial charge >= 0.3 is 0 Å². The van der Waals surface area contributed by atoms with E-state index in [4.69, 9.17) is 10.5 Å². The maximum atomic E-state index is 13.3. The molecule has 0 spiro atoms. The number of hydrogen-bond donors (Lipinski definition) is 1. The summed E-state index contributed by atoms with van der Waals surface area (Å²) in [6, 6.07) is 8.80. The van der Waals surface area contributed by atoms with Crippen LogP contribution in [0.3, 0.4) is 0 Å². The Labute approximate surface area is 106 Å². The van der Waals surface area contributed by atoms with Crippen LogP contribution in [0.4, 0.5) is 10.1 Å². The molecule has 0 fully saturated rings. The highest BCUT2D eigenvalue weighted by Crippen LogP contribution is 2.30. The molecule has 0 saturated carbocycles. The molecule has 2 aromatic rings. The summed E-state index contributed by atoms with van der Waals surface area (Å²) in [5.74, 6) is 0.879. The van der Waals surface area contributed by atoms with Gasteiger partial charge in [-0.2, -0.15) is 0 Å². The Balaban J connectivity index is 2.36. The largest absolute Gasteiger partial charge is 0.455 e. The predicted molar refractivity (Wildman–Crippen MR) is 71.5 cm³/mol. The molecule has 0 radical (unpaired) electrons. The van der Waals surface area contributed by atoms with Crippen LogP contribution in [0.1, 0.15) is 16.7 Å². The Kier molecular flexibility index (Phi) is 3.24. The van der Waals surface area contributed by atoms with Gasteiger partial charge in [-0.15, -0.1) is 0 Å². The minimum atomic E-state index is -0.319.